The maximum atomic E-state index is 12.4. The van der Waals surface area contributed by atoms with Crippen LogP contribution in [-0.2, 0) is 0 Å². The third kappa shape index (κ3) is 2.67. The van der Waals surface area contributed by atoms with E-state index >= 15 is 0 Å². The quantitative estimate of drug-likeness (QED) is 0.739. The van der Waals surface area contributed by atoms with Crippen LogP contribution in [-0.4, -0.2) is 27.7 Å². The Morgan fingerprint density at radius 2 is 1.76 bits per heavy atom. The minimum atomic E-state index is -0.0497. The minimum absolute atomic E-state index is 0.0497. The van der Waals surface area contributed by atoms with Gasteiger partial charge in [-0.15, -0.1) is 0 Å². The number of hydrogen-bond donors (Lipinski definition) is 0. The molecule has 0 fully saturated rings. The average Bonchev–Trinajstić information content (AvgIpc) is 3.09. The largest absolute Gasteiger partial charge is 0.311 e. The van der Waals surface area contributed by atoms with Crippen LogP contribution in [0, 0.1) is 0 Å². The first-order chi connectivity index (χ1) is 10.3. The van der Waals surface area contributed by atoms with Gasteiger partial charge in [0, 0.05) is 18.3 Å². The number of aromatic nitrogens is 3. The molecular formula is C16H14N4O. The summed E-state index contributed by atoms with van der Waals surface area (Å²) in [5, 5.41) is 4.05. The van der Waals surface area contributed by atoms with E-state index in [1.165, 1.54) is 6.33 Å². The number of amides is 1. The second-order valence-corrected chi connectivity index (χ2v) is 4.59. The Balaban J connectivity index is 1.82. The molecule has 0 radical (unpaired) electrons. The van der Waals surface area contributed by atoms with E-state index in [-0.39, 0.29) is 5.91 Å². The van der Waals surface area contributed by atoms with Crippen LogP contribution in [0.4, 0.5) is 5.69 Å². The van der Waals surface area contributed by atoms with Gasteiger partial charge in [-0.25, -0.2) is 9.67 Å². The number of anilines is 1. The van der Waals surface area contributed by atoms with E-state index in [2.05, 4.69) is 10.1 Å². The molecule has 5 heteroatoms. The summed E-state index contributed by atoms with van der Waals surface area (Å²) in [4.78, 5) is 18.0. The van der Waals surface area contributed by atoms with Crippen LogP contribution in [0.5, 0.6) is 0 Å². The van der Waals surface area contributed by atoms with Crippen LogP contribution in [0.15, 0.2) is 67.3 Å². The van der Waals surface area contributed by atoms with Crippen molar-refractivity contribution in [2.45, 2.75) is 0 Å². The molecular weight excluding hydrogens is 264 g/mol. The van der Waals surface area contributed by atoms with Gasteiger partial charge in [0.05, 0.1) is 5.69 Å². The van der Waals surface area contributed by atoms with Crippen LogP contribution < -0.4 is 4.90 Å². The van der Waals surface area contributed by atoms with Crippen LogP contribution in [0.3, 0.4) is 0 Å². The first kappa shape index (κ1) is 13.1. The summed E-state index contributed by atoms with van der Waals surface area (Å²) in [5.74, 6) is -0.0497. The van der Waals surface area contributed by atoms with Gasteiger partial charge in [-0.05, 0) is 36.4 Å². The van der Waals surface area contributed by atoms with Crippen molar-refractivity contribution in [1.29, 1.82) is 0 Å². The zero-order valence-corrected chi connectivity index (χ0v) is 11.5. The Morgan fingerprint density at radius 1 is 1.05 bits per heavy atom. The highest BCUT2D eigenvalue weighted by molar-refractivity contribution is 6.05. The third-order valence-electron chi connectivity index (χ3n) is 3.25. The van der Waals surface area contributed by atoms with E-state index in [4.69, 9.17) is 0 Å². The lowest BCUT2D eigenvalue weighted by Gasteiger charge is -2.17. The van der Waals surface area contributed by atoms with Gasteiger partial charge < -0.3 is 4.90 Å². The van der Waals surface area contributed by atoms with Gasteiger partial charge in [0.15, 0.2) is 0 Å². The van der Waals surface area contributed by atoms with Gasteiger partial charge in [-0.2, -0.15) is 5.10 Å². The number of hydrogen-bond acceptors (Lipinski definition) is 3. The average molecular weight is 278 g/mol. The zero-order valence-electron chi connectivity index (χ0n) is 11.5. The summed E-state index contributed by atoms with van der Waals surface area (Å²) in [6.07, 6.45) is 3.09. The van der Waals surface area contributed by atoms with E-state index in [0.29, 0.717) is 5.56 Å². The predicted molar refractivity (Wildman–Crippen MR) is 80.5 cm³/mol. The van der Waals surface area contributed by atoms with Crippen molar-refractivity contribution in [3.63, 3.8) is 0 Å². The van der Waals surface area contributed by atoms with E-state index in [1.54, 1.807) is 35.1 Å². The monoisotopic (exact) mass is 278 g/mol. The summed E-state index contributed by atoms with van der Waals surface area (Å²) in [7, 11) is 1.77. The molecule has 0 bridgehead atoms. The SMILES string of the molecule is CN(C(=O)c1ccc(-n2cncn2)cc1)c1ccccc1. The molecule has 0 unspecified atom stereocenters. The molecule has 0 aliphatic heterocycles. The molecule has 1 heterocycles. The maximum Gasteiger partial charge on any atom is 0.258 e. The smallest absolute Gasteiger partial charge is 0.258 e. The predicted octanol–water partition coefficient (Wildman–Crippen LogP) is 2.54. The normalized spacial score (nSPS) is 10.3. The van der Waals surface area contributed by atoms with Gasteiger partial charge in [0.1, 0.15) is 12.7 Å². The highest BCUT2D eigenvalue weighted by Crippen LogP contribution is 2.16. The summed E-state index contributed by atoms with van der Waals surface area (Å²) in [5.41, 5.74) is 2.36. The molecule has 0 N–H and O–H groups in total. The molecule has 1 aromatic heterocycles. The van der Waals surface area contributed by atoms with E-state index < -0.39 is 0 Å². The van der Waals surface area contributed by atoms with Crippen molar-refractivity contribution in [3.8, 4) is 5.69 Å². The number of benzene rings is 2. The molecule has 3 aromatic rings. The number of nitrogens with zero attached hydrogens (tertiary/aromatic N) is 4. The lowest BCUT2D eigenvalue weighted by Crippen LogP contribution is -2.26. The van der Waals surface area contributed by atoms with E-state index in [0.717, 1.165) is 11.4 Å². The molecule has 104 valence electrons. The van der Waals surface area contributed by atoms with E-state index in [1.807, 2.05) is 42.5 Å². The molecule has 5 nitrogen and oxygen atoms in total. The van der Waals surface area contributed by atoms with Crippen LogP contribution in [0.25, 0.3) is 5.69 Å². The topological polar surface area (TPSA) is 51.0 Å². The van der Waals surface area contributed by atoms with E-state index in [9.17, 15) is 4.79 Å². The number of carbonyl (C=O) groups is 1. The molecule has 0 saturated heterocycles. The second-order valence-electron chi connectivity index (χ2n) is 4.59. The van der Waals surface area contributed by atoms with Crippen molar-refractivity contribution in [3.05, 3.63) is 72.8 Å². The fourth-order valence-electron chi connectivity index (χ4n) is 2.06. The van der Waals surface area contributed by atoms with Gasteiger partial charge in [-0.3, -0.25) is 4.79 Å². The fourth-order valence-corrected chi connectivity index (χ4v) is 2.06. The molecule has 1 amide bonds. The van der Waals surface area contributed by atoms with Gasteiger partial charge in [0.25, 0.3) is 5.91 Å². The molecule has 0 atom stereocenters. The molecule has 2 aromatic carbocycles. The van der Waals surface area contributed by atoms with Crippen LogP contribution in [0.2, 0.25) is 0 Å². The standard InChI is InChI=1S/C16H14N4O/c1-19(14-5-3-2-4-6-14)16(21)13-7-9-15(10-8-13)20-12-17-11-18-20/h2-12H,1H3. The summed E-state index contributed by atoms with van der Waals surface area (Å²) in [6, 6.07) is 16.8. The highest BCUT2D eigenvalue weighted by atomic mass is 16.2. The molecule has 0 aliphatic rings. The number of carbonyl (C=O) groups excluding carboxylic acids is 1. The second kappa shape index (κ2) is 5.58. The lowest BCUT2D eigenvalue weighted by atomic mass is 10.1. The zero-order chi connectivity index (χ0) is 14.7. The van der Waals surface area contributed by atoms with Gasteiger partial charge in [0.2, 0.25) is 0 Å². The van der Waals surface area contributed by atoms with Crippen molar-refractivity contribution in [2.24, 2.45) is 0 Å². The minimum Gasteiger partial charge on any atom is -0.311 e. The fraction of sp³-hybridized carbons (Fsp3) is 0.0625. The maximum absolute atomic E-state index is 12.4. The van der Waals surface area contributed by atoms with Crippen molar-refractivity contribution >= 4 is 11.6 Å². The summed E-state index contributed by atoms with van der Waals surface area (Å²) < 4.78 is 1.65. The van der Waals surface area contributed by atoms with Crippen LogP contribution >= 0.6 is 0 Å². The first-order valence-electron chi connectivity index (χ1n) is 6.54. The Bertz CT molecular complexity index is 721. The van der Waals surface area contributed by atoms with Crippen molar-refractivity contribution in [2.75, 3.05) is 11.9 Å². The first-order valence-corrected chi connectivity index (χ1v) is 6.54. The molecule has 3 rings (SSSR count). The Labute approximate surface area is 122 Å². The Morgan fingerprint density at radius 3 is 2.38 bits per heavy atom. The number of para-hydroxylation sites is 1. The Kier molecular flexibility index (Phi) is 3.47. The molecule has 0 saturated carbocycles. The molecule has 0 aliphatic carbocycles. The number of rotatable bonds is 3. The van der Waals surface area contributed by atoms with Crippen molar-refractivity contribution < 1.29 is 4.79 Å². The summed E-state index contributed by atoms with van der Waals surface area (Å²) >= 11 is 0. The van der Waals surface area contributed by atoms with Crippen LogP contribution in [0.1, 0.15) is 10.4 Å². The molecule has 21 heavy (non-hydrogen) atoms. The lowest BCUT2D eigenvalue weighted by molar-refractivity contribution is 0.0993. The summed E-state index contributed by atoms with van der Waals surface area (Å²) in [6.45, 7) is 0. The van der Waals surface area contributed by atoms with Gasteiger partial charge in [-0.1, -0.05) is 18.2 Å². The molecule has 0 spiro atoms. The van der Waals surface area contributed by atoms with Crippen molar-refractivity contribution in [1.82, 2.24) is 14.8 Å². The highest BCUT2D eigenvalue weighted by Gasteiger charge is 2.13. The van der Waals surface area contributed by atoms with Gasteiger partial charge >= 0.3 is 0 Å². The third-order valence-corrected chi connectivity index (χ3v) is 3.25. The Hall–Kier alpha value is -2.95.